The molecule has 8 aromatic rings. The van der Waals surface area contributed by atoms with E-state index in [2.05, 4.69) is 126 Å². The number of nitrogens with one attached hydrogen (secondary N) is 2. The minimum atomic E-state index is -0.595. The Hall–Kier alpha value is -7.80. The first-order chi connectivity index (χ1) is 36.0. The van der Waals surface area contributed by atoms with E-state index in [4.69, 9.17) is 23.7 Å². The molecule has 10 nitrogen and oxygen atoms in total. The van der Waals surface area contributed by atoms with Crippen LogP contribution in [0.25, 0.3) is 32.7 Å². The van der Waals surface area contributed by atoms with Gasteiger partial charge in [0, 0.05) is 48.1 Å². The van der Waals surface area contributed by atoms with Crippen LogP contribution in [-0.4, -0.2) is 64.7 Å². The van der Waals surface area contributed by atoms with E-state index >= 15 is 8.78 Å². The predicted octanol–water partition coefficient (Wildman–Crippen LogP) is 12.3. The highest BCUT2D eigenvalue weighted by molar-refractivity contribution is 5.99. The summed E-state index contributed by atoms with van der Waals surface area (Å²) >= 11 is 0. The first-order valence-corrected chi connectivity index (χ1v) is 25.1. The van der Waals surface area contributed by atoms with Crippen LogP contribution in [0.4, 0.5) is 8.78 Å². The molecule has 0 spiro atoms. The van der Waals surface area contributed by atoms with Gasteiger partial charge in [-0.15, -0.1) is 0 Å². The molecule has 0 amide bonds. The summed E-state index contributed by atoms with van der Waals surface area (Å²) in [6.45, 7) is 4.64. The minimum absolute atomic E-state index is 0.0131. The van der Waals surface area contributed by atoms with Crippen LogP contribution in [0.1, 0.15) is 84.0 Å². The molecule has 0 bridgehead atoms. The molecule has 10 rings (SSSR count). The average molecular weight is 997 g/mol. The highest BCUT2D eigenvalue weighted by atomic mass is 19.1. The number of fused-ring (bicyclic) bond motifs is 4. The molecule has 378 valence electrons. The Morgan fingerprint density at radius 2 is 1.07 bits per heavy atom. The average Bonchev–Trinajstić information content (AvgIpc) is 3.43. The van der Waals surface area contributed by atoms with E-state index in [1.165, 1.54) is 42.7 Å². The van der Waals surface area contributed by atoms with Crippen molar-refractivity contribution in [3.05, 3.63) is 203 Å². The van der Waals surface area contributed by atoms with Gasteiger partial charge in [-0.2, -0.15) is 0 Å². The van der Waals surface area contributed by atoms with Gasteiger partial charge in [-0.25, -0.2) is 18.4 Å². The largest absolute Gasteiger partial charge is 0.489 e. The molecule has 0 radical (unpaired) electrons. The van der Waals surface area contributed by atoms with Crippen LogP contribution in [0.15, 0.2) is 158 Å². The Morgan fingerprint density at radius 1 is 0.554 bits per heavy atom. The molecule has 2 heterocycles. The van der Waals surface area contributed by atoms with Gasteiger partial charge in [-0.05, 0) is 118 Å². The number of halogens is 2. The number of hydrogen-bond acceptors (Lipinski definition) is 10. The van der Waals surface area contributed by atoms with E-state index in [0.717, 1.165) is 61.2 Å². The lowest BCUT2D eigenvalue weighted by Gasteiger charge is -2.34. The first kappa shape index (κ1) is 49.8. The van der Waals surface area contributed by atoms with Gasteiger partial charge in [0.25, 0.3) is 0 Å². The summed E-state index contributed by atoms with van der Waals surface area (Å²) in [6, 6.07) is 51.5. The highest BCUT2D eigenvalue weighted by Crippen LogP contribution is 2.45. The van der Waals surface area contributed by atoms with E-state index in [9.17, 15) is 9.59 Å². The van der Waals surface area contributed by atoms with E-state index < -0.39 is 30.2 Å². The molecule has 0 aliphatic carbocycles. The van der Waals surface area contributed by atoms with Crippen molar-refractivity contribution in [1.29, 1.82) is 0 Å². The second-order valence-electron chi connectivity index (χ2n) is 19.0. The fourth-order valence-corrected chi connectivity index (χ4v) is 10.6. The lowest BCUT2D eigenvalue weighted by molar-refractivity contribution is -0.143. The number of rotatable bonds is 17. The molecule has 12 heteroatoms. The van der Waals surface area contributed by atoms with Crippen LogP contribution in [0.3, 0.4) is 0 Å². The lowest BCUT2D eigenvalue weighted by atomic mass is 9.83. The second kappa shape index (κ2) is 22.1. The zero-order chi connectivity index (χ0) is 51.3. The number of hydrogen-bond donors (Lipinski definition) is 2. The Bertz CT molecular complexity index is 3340. The van der Waals surface area contributed by atoms with Gasteiger partial charge in [0.1, 0.15) is 23.7 Å². The van der Waals surface area contributed by atoms with Gasteiger partial charge >= 0.3 is 11.9 Å². The van der Waals surface area contributed by atoms with Gasteiger partial charge in [-0.3, -0.25) is 0 Å². The maximum atomic E-state index is 15.7. The Labute approximate surface area is 429 Å². The first-order valence-electron chi connectivity index (χ1n) is 25.1. The quantitative estimate of drug-likeness (QED) is 0.0855. The standard InChI is InChI=1S/C62H58F2N2O8/c1-37(45-16-9-13-39-12-5-6-14-47(39)45)65-34-44-32-54(41-24-27-59(56(64)29-41)72-36-62(68)70-4)52-25-22-42(30-60(52)74-44)48-18-11-19-49-46(17-10-20-50(48)49)38(2)66-33-43-31-53(51-15-7-8-21-57(51)73-43)40-23-26-58(55(63)28-40)71-35-61(67)69-3/h5-30,37-38,43-44,53-54,65-66H,31-36H2,1-4H3/t37-,38-,43-,44-,53-,54+/m1/s1. The molecule has 0 unspecified atom stereocenters. The number of carbonyl (C=O) groups is 2. The van der Waals surface area contributed by atoms with Gasteiger partial charge in [-0.1, -0.05) is 121 Å². The van der Waals surface area contributed by atoms with Crippen molar-refractivity contribution < 1.29 is 46.8 Å². The van der Waals surface area contributed by atoms with Crippen molar-refractivity contribution in [2.75, 3.05) is 40.5 Å². The van der Waals surface area contributed by atoms with Crippen molar-refractivity contribution in [3.63, 3.8) is 0 Å². The third kappa shape index (κ3) is 10.6. The van der Waals surface area contributed by atoms with E-state index in [0.29, 0.717) is 25.9 Å². The molecule has 0 fully saturated rings. The molecule has 74 heavy (non-hydrogen) atoms. The molecule has 6 atom stereocenters. The molecular formula is C62H58F2N2O8. The SMILES string of the molecule is COC(=O)COc1ccc([C@H]2C[C@H](CN[C@H](C)c3cccc4c(-c5ccc6c(c5)O[C@@H](CN[C@H](C)c5cccc7ccccc57)C[C@H]6c5ccc(OCC(=O)OC)c(F)c5)cccc34)Oc3ccccc32)cc1F. The zero-order valence-corrected chi connectivity index (χ0v) is 41.7. The van der Waals surface area contributed by atoms with Gasteiger partial charge in [0.2, 0.25) is 0 Å². The smallest absolute Gasteiger partial charge is 0.343 e. The summed E-state index contributed by atoms with van der Waals surface area (Å²) in [7, 11) is 2.52. The van der Waals surface area contributed by atoms with Crippen LogP contribution in [0, 0.1) is 11.6 Å². The number of esters is 2. The van der Waals surface area contributed by atoms with Gasteiger partial charge < -0.3 is 39.1 Å². The van der Waals surface area contributed by atoms with Gasteiger partial charge in [0.15, 0.2) is 36.3 Å². The van der Waals surface area contributed by atoms with Crippen LogP contribution in [0.2, 0.25) is 0 Å². The molecular weight excluding hydrogens is 939 g/mol. The lowest BCUT2D eigenvalue weighted by Crippen LogP contribution is -2.37. The summed E-state index contributed by atoms with van der Waals surface area (Å²) in [5, 5.41) is 12.1. The van der Waals surface area contributed by atoms with Crippen LogP contribution in [-0.2, 0) is 19.1 Å². The molecule has 2 N–H and O–H groups in total. The summed E-state index contributed by atoms with van der Waals surface area (Å²) in [5.41, 5.74) is 7.86. The Morgan fingerprint density at radius 3 is 1.70 bits per heavy atom. The molecule has 8 aromatic carbocycles. The van der Waals surface area contributed by atoms with Crippen molar-refractivity contribution >= 4 is 33.5 Å². The van der Waals surface area contributed by atoms with Crippen molar-refractivity contribution in [3.8, 4) is 34.1 Å². The van der Waals surface area contributed by atoms with Crippen LogP contribution in [0.5, 0.6) is 23.0 Å². The predicted molar refractivity (Wildman–Crippen MR) is 282 cm³/mol. The fourth-order valence-electron chi connectivity index (χ4n) is 10.6. The van der Waals surface area contributed by atoms with Crippen LogP contribution >= 0.6 is 0 Å². The zero-order valence-electron chi connectivity index (χ0n) is 41.7. The number of methoxy groups -OCH3 is 2. The Balaban J connectivity index is 0.894. The number of ether oxygens (including phenoxy) is 6. The molecule has 0 saturated heterocycles. The number of para-hydroxylation sites is 1. The van der Waals surface area contributed by atoms with E-state index in [1.54, 1.807) is 12.1 Å². The third-order valence-corrected chi connectivity index (χ3v) is 14.5. The maximum absolute atomic E-state index is 15.7. The topological polar surface area (TPSA) is 114 Å². The minimum Gasteiger partial charge on any atom is -0.489 e. The normalized spacial score (nSPS) is 17.8. The van der Waals surface area contributed by atoms with Crippen LogP contribution < -0.4 is 29.6 Å². The summed E-state index contributed by atoms with van der Waals surface area (Å²) in [6.07, 6.45) is 0.759. The summed E-state index contributed by atoms with van der Waals surface area (Å²) in [5.74, 6) is -1.16. The van der Waals surface area contributed by atoms with Crippen molar-refractivity contribution in [2.45, 2.75) is 62.8 Å². The molecule has 0 saturated carbocycles. The Kier molecular flexibility index (Phi) is 14.9. The number of carbonyl (C=O) groups excluding carboxylic acids is 2. The second-order valence-corrected chi connectivity index (χ2v) is 19.0. The number of benzene rings is 8. The summed E-state index contributed by atoms with van der Waals surface area (Å²) in [4.78, 5) is 23.4. The van der Waals surface area contributed by atoms with Crippen molar-refractivity contribution in [1.82, 2.24) is 10.6 Å². The monoisotopic (exact) mass is 996 g/mol. The molecule has 0 aromatic heterocycles. The van der Waals surface area contributed by atoms with E-state index in [-0.39, 0.29) is 54.2 Å². The highest BCUT2D eigenvalue weighted by Gasteiger charge is 2.33. The maximum Gasteiger partial charge on any atom is 0.343 e. The third-order valence-electron chi connectivity index (χ3n) is 14.5. The summed E-state index contributed by atoms with van der Waals surface area (Å²) < 4.78 is 64.7. The fraction of sp³-hybridized carbons (Fsp3) is 0.258. The van der Waals surface area contributed by atoms with Gasteiger partial charge in [0.05, 0.1) is 14.2 Å². The molecule has 2 aliphatic rings. The molecule has 2 aliphatic heterocycles. The van der Waals surface area contributed by atoms with Crippen molar-refractivity contribution in [2.24, 2.45) is 0 Å². The van der Waals surface area contributed by atoms with E-state index in [1.807, 2.05) is 36.4 Å².